The van der Waals surface area contributed by atoms with Crippen molar-refractivity contribution in [3.8, 4) is 5.75 Å². The van der Waals surface area contributed by atoms with Gasteiger partial charge < -0.3 is 20.3 Å². The largest absolute Gasteiger partial charge is 0.494 e. The number of carbonyl (C=O) groups excluding carboxylic acids is 3. The molecule has 0 heterocycles. The van der Waals surface area contributed by atoms with E-state index in [2.05, 4.69) is 17.6 Å². The van der Waals surface area contributed by atoms with E-state index in [9.17, 15) is 18.8 Å². The number of benzene rings is 2. The SMILES string of the molecule is CCCCOc1ccc(C(=O)NCC(=O)N(C)CC(=O)Nc2ccc(F)cc2)cc1. The van der Waals surface area contributed by atoms with E-state index in [1.165, 1.54) is 36.2 Å². The van der Waals surface area contributed by atoms with E-state index < -0.39 is 23.5 Å². The van der Waals surface area contributed by atoms with Crippen LogP contribution in [0.15, 0.2) is 48.5 Å². The summed E-state index contributed by atoms with van der Waals surface area (Å²) in [6.07, 6.45) is 2.00. The van der Waals surface area contributed by atoms with Gasteiger partial charge in [0.2, 0.25) is 11.8 Å². The van der Waals surface area contributed by atoms with Crippen LogP contribution < -0.4 is 15.4 Å². The van der Waals surface area contributed by atoms with Crippen molar-refractivity contribution in [1.29, 1.82) is 0 Å². The number of nitrogens with one attached hydrogen (secondary N) is 2. The van der Waals surface area contributed by atoms with Gasteiger partial charge in [0.1, 0.15) is 11.6 Å². The molecule has 2 N–H and O–H groups in total. The topological polar surface area (TPSA) is 87.7 Å². The lowest BCUT2D eigenvalue weighted by Crippen LogP contribution is -2.41. The summed E-state index contributed by atoms with van der Waals surface area (Å²) in [6.45, 7) is 2.26. The molecular weight excluding hydrogens is 389 g/mol. The Hall–Kier alpha value is -3.42. The van der Waals surface area contributed by atoms with Crippen LogP contribution in [0.3, 0.4) is 0 Å². The Balaban J connectivity index is 1.76. The van der Waals surface area contributed by atoms with E-state index in [4.69, 9.17) is 4.74 Å². The van der Waals surface area contributed by atoms with E-state index >= 15 is 0 Å². The van der Waals surface area contributed by atoms with Crippen LogP contribution >= 0.6 is 0 Å². The zero-order valence-corrected chi connectivity index (χ0v) is 17.1. The molecule has 2 aromatic carbocycles. The Morgan fingerprint density at radius 2 is 1.70 bits per heavy atom. The van der Waals surface area contributed by atoms with Crippen LogP contribution in [0.2, 0.25) is 0 Å². The number of ether oxygens (including phenoxy) is 1. The summed E-state index contributed by atoms with van der Waals surface area (Å²) < 4.78 is 18.4. The smallest absolute Gasteiger partial charge is 0.251 e. The van der Waals surface area contributed by atoms with Crippen LogP contribution in [-0.2, 0) is 9.59 Å². The van der Waals surface area contributed by atoms with Crippen molar-refractivity contribution in [1.82, 2.24) is 10.2 Å². The number of likely N-dealkylation sites (N-methyl/N-ethyl adjacent to an activating group) is 1. The Morgan fingerprint density at radius 1 is 1.03 bits per heavy atom. The van der Waals surface area contributed by atoms with Gasteiger partial charge in [-0.1, -0.05) is 13.3 Å². The van der Waals surface area contributed by atoms with Gasteiger partial charge in [-0.25, -0.2) is 4.39 Å². The summed E-state index contributed by atoms with van der Waals surface area (Å²) in [7, 11) is 1.46. The van der Waals surface area contributed by atoms with Crippen LogP contribution in [0.5, 0.6) is 5.75 Å². The lowest BCUT2D eigenvalue weighted by atomic mass is 10.2. The highest BCUT2D eigenvalue weighted by atomic mass is 19.1. The number of rotatable bonds is 10. The van der Waals surface area contributed by atoms with Gasteiger partial charge in [-0.05, 0) is 55.0 Å². The number of anilines is 1. The first-order valence-electron chi connectivity index (χ1n) is 9.69. The number of hydrogen-bond acceptors (Lipinski definition) is 4. The van der Waals surface area contributed by atoms with Crippen molar-refractivity contribution in [3.05, 3.63) is 59.9 Å². The van der Waals surface area contributed by atoms with Crippen molar-refractivity contribution in [2.24, 2.45) is 0 Å². The highest BCUT2D eigenvalue weighted by molar-refractivity contribution is 5.98. The highest BCUT2D eigenvalue weighted by Gasteiger charge is 2.15. The molecule has 0 radical (unpaired) electrons. The Kier molecular flexibility index (Phi) is 8.80. The first kappa shape index (κ1) is 22.9. The molecular formula is C22H26FN3O4. The number of carbonyl (C=O) groups is 3. The van der Waals surface area contributed by atoms with Crippen LogP contribution in [0.25, 0.3) is 0 Å². The molecule has 160 valence electrons. The predicted octanol–water partition coefficient (Wildman–Crippen LogP) is 2.83. The van der Waals surface area contributed by atoms with Gasteiger partial charge in [0, 0.05) is 18.3 Å². The molecule has 2 rings (SSSR count). The van der Waals surface area contributed by atoms with Gasteiger partial charge in [0.15, 0.2) is 0 Å². The maximum Gasteiger partial charge on any atom is 0.251 e. The first-order chi connectivity index (χ1) is 14.4. The minimum absolute atomic E-state index is 0.199. The average molecular weight is 415 g/mol. The van der Waals surface area contributed by atoms with E-state index in [-0.39, 0.29) is 13.1 Å². The third kappa shape index (κ3) is 7.54. The van der Waals surface area contributed by atoms with Gasteiger partial charge in [-0.15, -0.1) is 0 Å². The summed E-state index contributed by atoms with van der Waals surface area (Å²) in [4.78, 5) is 37.6. The van der Waals surface area contributed by atoms with E-state index in [0.717, 1.165) is 12.8 Å². The zero-order chi connectivity index (χ0) is 21.9. The second kappa shape index (κ2) is 11.5. The Morgan fingerprint density at radius 3 is 2.33 bits per heavy atom. The first-order valence-corrected chi connectivity index (χ1v) is 9.69. The normalized spacial score (nSPS) is 10.2. The molecule has 3 amide bonds. The van der Waals surface area contributed by atoms with E-state index in [0.29, 0.717) is 23.6 Å². The second-order valence-electron chi connectivity index (χ2n) is 6.71. The fourth-order valence-electron chi connectivity index (χ4n) is 2.47. The number of amides is 3. The molecule has 0 aromatic heterocycles. The van der Waals surface area contributed by atoms with Crippen molar-refractivity contribution < 1.29 is 23.5 Å². The molecule has 2 aromatic rings. The quantitative estimate of drug-likeness (QED) is 0.584. The third-order valence-corrected chi connectivity index (χ3v) is 4.22. The summed E-state index contributed by atoms with van der Waals surface area (Å²) in [5.41, 5.74) is 0.833. The van der Waals surface area contributed by atoms with E-state index in [1.807, 2.05) is 0 Å². The number of halogens is 1. The molecule has 0 bridgehead atoms. The minimum Gasteiger partial charge on any atom is -0.494 e. The van der Waals surface area contributed by atoms with Crippen molar-refractivity contribution >= 4 is 23.4 Å². The number of unbranched alkanes of at least 4 members (excludes halogenated alkanes) is 1. The van der Waals surface area contributed by atoms with Crippen LogP contribution in [-0.4, -0.2) is 49.4 Å². The maximum absolute atomic E-state index is 12.9. The van der Waals surface area contributed by atoms with Gasteiger partial charge in [-0.2, -0.15) is 0 Å². The van der Waals surface area contributed by atoms with Gasteiger partial charge in [0.25, 0.3) is 5.91 Å². The molecule has 0 unspecified atom stereocenters. The molecule has 30 heavy (non-hydrogen) atoms. The molecule has 0 fully saturated rings. The summed E-state index contributed by atoms with van der Waals surface area (Å²) in [6, 6.07) is 12.0. The molecule has 8 heteroatoms. The highest BCUT2D eigenvalue weighted by Crippen LogP contribution is 2.13. The predicted molar refractivity (Wildman–Crippen MR) is 112 cm³/mol. The van der Waals surface area contributed by atoms with Crippen LogP contribution in [0.4, 0.5) is 10.1 Å². The summed E-state index contributed by atoms with van der Waals surface area (Å²) in [5, 5.41) is 5.11. The number of hydrogen-bond donors (Lipinski definition) is 2. The molecule has 0 aliphatic heterocycles. The Bertz CT molecular complexity index is 854. The molecule has 0 saturated carbocycles. The lowest BCUT2D eigenvalue weighted by Gasteiger charge is -2.17. The lowest BCUT2D eigenvalue weighted by molar-refractivity contribution is -0.132. The van der Waals surface area contributed by atoms with Crippen LogP contribution in [0, 0.1) is 5.82 Å². The van der Waals surface area contributed by atoms with Gasteiger partial charge in [-0.3, -0.25) is 14.4 Å². The molecule has 7 nitrogen and oxygen atoms in total. The monoisotopic (exact) mass is 415 g/mol. The van der Waals surface area contributed by atoms with Crippen molar-refractivity contribution in [2.45, 2.75) is 19.8 Å². The fourth-order valence-corrected chi connectivity index (χ4v) is 2.47. The van der Waals surface area contributed by atoms with Gasteiger partial charge >= 0.3 is 0 Å². The Labute approximate surface area is 175 Å². The molecule has 0 aliphatic rings. The zero-order valence-electron chi connectivity index (χ0n) is 17.1. The van der Waals surface area contributed by atoms with Crippen molar-refractivity contribution in [3.63, 3.8) is 0 Å². The molecule has 0 aliphatic carbocycles. The van der Waals surface area contributed by atoms with Crippen LogP contribution in [0.1, 0.15) is 30.1 Å². The summed E-state index contributed by atoms with van der Waals surface area (Å²) in [5.74, 6) is -0.968. The van der Waals surface area contributed by atoms with Crippen molar-refractivity contribution in [2.75, 3.05) is 32.1 Å². The fraction of sp³-hybridized carbons (Fsp3) is 0.318. The minimum atomic E-state index is -0.428. The second-order valence-corrected chi connectivity index (χ2v) is 6.71. The third-order valence-electron chi connectivity index (χ3n) is 4.22. The number of nitrogens with zero attached hydrogens (tertiary/aromatic N) is 1. The van der Waals surface area contributed by atoms with E-state index in [1.54, 1.807) is 24.3 Å². The summed E-state index contributed by atoms with van der Waals surface area (Å²) >= 11 is 0. The molecule has 0 atom stereocenters. The average Bonchev–Trinajstić information content (AvgIpc) is 2.74. The standard InChI is InChI=1S/C22H26FN3O4/c1-3-4-13-30-19-11-5-16(6-12-19)22(29)24-14-21(28)26(2)15-20(27)25-18-9-7-17(23)8-10-18/h5-12H,3-4,13-15H2,1-2H3,(H,24,29)(H,25,27). The van der Waals surface area contributed by atoms with Gasteiger partial charge in [0.05, 0.1) is 19.7 Å². The molecule has 0 saturated heterocycles. The maximum atomic E-state index is 12.9. The molecule has 0 spiro atoms.